The summed E-state index contributed by atoms with van der Waals surface area (Å²) in [5, 5.41) is 6.58. The lowest BCUT2D eigenvalue weighted by Gasteiger charge is -2.31. The number of hydrogen-bond donors (Lipinski definition) is 0. The van der Waals surface area contributed by atoms with Crippen molar-refractivity contribution in [2.24, 2.45) is 0 Å². The van der Waals surface area contributed by atoms with E-state index in [4.69, 9.17) is 21.7 Å². The van der Waals surface area contributed by atoms with Crippen LogP contribution in [-0.2, 0) is 6.54 Å². The maximum absolute atomic E-state index is 6.13. The number of rotatable bonds is 3. The second-order valence-electron chi connectivity index (χ2n) is 7.20. The molecule has 6 heteroatoms. The van der Waals surface area contributed by atoms with Crippen LogP contribution in [0.3, 0.4) is 0 Å². The van der Waals surface area contributed by atoms with Crippen LogP contribution >= 0.6 is 11.6 Å². The van der Waals surface area contributed by atoms with E-state index in [0.29, 0.717) is 5.92 Å². The van der Waals surface area contributed by atoms with Crippen LogP contribution in [0.1, 0.15) is 30.1 Å². The van der Waals surface area contributed by atoms with Gasteiger partial charge in [-0.2, -0.15) is 0 Å². The van der Waals surface area contributed by atoms with Crippen molar-refractivity contribution in [2.75, 3.05) is 13.1 Å². The third-order valence-electron chi connectivity index (χ3n) is 5.26. The lowest BCUT2D eigenvalue weighted by atomic mass is 9.97. The first-order valence-electron chi connectivity index (χ1n) is 9.33. The number of piperidine rings is 1. The molecular weight excluding hydrogens is 358 g/mol. The van der Waals surface area contributed by atoms with E-state index in [0.717, 1.165) is 59.9 Å². The van der Waals surface area contributed by atoms with Gasteiger partial charge >= 0.3 is 0 Å². The Morgan fingerprint density at radius 2 is 2.04 bits per heavy atom. The van der Waals surface area contributed by atoms with Crippen molar-refractivity contribution in [3.8, 4) is 0 Å². The molecular formula is C21H20ClN5. The summed E-state index contributed by atoms with van der Waals surface area (Å²) in [5.74, 6) is 1.26. The molecule has 4 aromatic rings. The summed E-state index contributed by atoms with van der Waals surface area (Å²) in [6, 6.07) is 16.2. The monoisotopic (exact) mass is 377 g/mol. The maximum atomic E-state index is 6.13. The van der Waals surface area contributed by atoms with Crippen LogP contribution in [0.4, 0.5) is 0 Å². The molecule has 0 aliphatic carbocycles. The number of aromatic nitrogens is 4. The highest BCUT2D eigenvalue weighted by molar-refractivity contribution is 6.30. The van der Waals surface area contributed by atoms with Crippen LogP contribution in [0.2, 0.25) is 5.02 Å². The molecule has 0 radical (unpaired) electrons. The van der Waals surface area contributed by atoms with Gasteiger partial charge in [-0.25, -0.2) is 14.5 Å². The Hall–Kier alpha value is -2.50. The van der Waals surface area contributed by atoms with Gasteiger partial charge in [0, 0.05) is 29.4 Å². The first-order valence-corrected chi connectivity index (χ1v) is 9.71. The van der Waals surface area contributed by atoms with Crippen LogP contribution < -0.4 is 0 Å². The fourth-order valence-electron chi connectivity index (χ4n) is 3.97. The molecule has 1 aliphatic heterocycles. The van der Waals surface area contributed by atoms with Crippen LogP contribution in [0, 0.1) is 0 Å². The van der Waals surface area contributed by atoms with Crippen LogP contribution in [0.25, 0.3) is 16.6 Å². The van der Waals surface area contributed by atoms with Gasteiger partial charge in [-0.05, 0) is 49.2 Å². The van der Waals surface area contributed by atoms with Crippen LogP contribution in [-0.4, -0.2) is 37.6 Å². The summed E-state index contributed by atoms with van der Waals surface area (Å²) >= 11 is 6.13. The number of likely N-dealkylation sites (tertiary alicyclic amines) is 1. The van der Waals surface area contributed by atoms with E-state index in [-0.39, 0.29) is 0 Å². The molecule has 136 valence electrons. The van der Waals surface area contributed by atoms with E-state index in [2.05, 4.69) is 22.0 Å². The highest BCUT2D eigenvalue weighted by atomic mass is 35.5. The number of para-hydroxylation sites is 1. The first-order chi connectivity index (χ1) is 13.3. The van der Waals surface area contributed by atoms with E-state index in [1.54, 1.807) is 6.33 Å². The molecule has 5 nitrogen and oxygen atoms in total. The summed E-state index contributed by atoms with van der Waals surface area (Å²) < 4.78 is 1.81. The van der Waals surface area contributed by atoms with Gasteiger partial charge in [-0.3, -0.25) is 4.90 Å². The smallest absolute Gasteiger partial charge is 0.166 e. The second kappa shape index (κ2) is 6.91. The van der Waals surface area contributed by atoms with Gasteiger partial charge < -0.3 is 0 Å². The maximum Gasteiger partial charge on any atom is 0.166 e. The zero-order valence-electron chi connectivity index (χ0n) is 14.9. The van der Waals surface area contributed by atoms with Crippen molar-refractivity contribution in [1.29, 1.82) is 0 Å². The van der Waals surface area contributed by atoms with E-state index in [1.807, 2.05) is 40.9 Å². The Bertz CT molecular complexity index is 1110. The quantitative estimate of drug-likeness (QED) is 0.533. The molecule has 0 spiro atoms. The number of hydrogen-bond acceptors (Lipinski definition) is 4. The van der Waals surface area contributed by atoms with Crippen molar-refractivity contribution in [3.05, 3.63) is 71.3 Å². The normalized spacial score (nSPS) is 18.3. The predicted octanol–water partition coefficient (Wildman–Crippen LogP) is 4.31. The first kappa shape index (κ1) is 16.7. The fourth-order valence-corrected chi connectivity index (χ4v) is 4.19. The molecule has 1 aliphatic rings. The van der Waals surface area contributed by atoms with Crippen molar-refractivity contribution in [3.63, 3.8) is 0 Å². The van der Waals surface area contributed by atoms with Crippen LogP contribution in [0.15, 0.2) is 54.9 Å². The molecule has 1 atom stereocenters. The zero-order chi connectivity index (χ0) is 18.2. The Balaban J connectivity index is 1.41. The van der Waals surface area contributed by atoms with E-state index in [9.17, 15) is 0 Å². The summed E-state index contributed by atoms with van der Waals surface area (Å²) in [6.45, 7) is 2.98. The fraction of sp³-hybridized carbons (Fsp3) is 0.286. The molecule has 1 saturated heterocycles. The van der Waals surface area contributed by atoms with Gasteiger partial charge in [-0.1, -0.05) is 35.9 Å². The van der Waals surface area contributed by atoms with Crippen molar-refractivity contribution in [2.45, 2.75) is 25.3 Å². The Morgan fingerprint density at radius 3 is 2.96 bits per heavy atom. The molecule has 3 heterocycles. The Kier molecular flexibility index (Phi) is 4.26. The third kappa shape index (κ3) is 3.29. The van der Waals surface area contributed by atoms with Crippen LogP contribution in [0.5, 0.6) is 0 Å². The molecule has 27 heavy (non-hydrogen) atoms. The molecule has 0 amide bonds. The summed E-state index contributed by atoms with van der Waals surface area (Å²) in [7, 11) is 0. The minimum atomic E-state index is 0.344. The third-order valence-corrected chi connectivity index (χ3v) is 5.50. The Labute approximate surface area is 162 Å². The number of nitrogens with zero attached hydrogens (tertiary/aromatic N) is 5. The molecule has 0 unspecified atom stereocenters. The molecule has 2 aromatic carbocycles. The van der Waals surface area contributed by atoms with Gasteiger partial charge in [0.15, 0.2) is 11.5 Å². The zero-order valence-corrected chi connectivity index (χ0v) is 15.7. The highest BCUT2D eigenvalue weighted by Crippen LogP contribution is 2.27. The lowest BCUT2D eigenvalue weighted by molar-refractivity contribution is 0.196. The lowest BCUT2D eigenvalue weighted by Crippen LogP contribution is -2.34. The highest BCUT2D eigenvalue weighted by Gasteiger charge is 2.25. The minimum Gasteiger partial charge on any atom is -0.298 e. The molecule has 0 N–H and O–H groups in total. The molecule has 0 saturated carbocycles. The SMILES string of the molecule is Clc1cccc(CN2CCC[C@@H](c3nc4c5ccccc5ncn4n3)C2)c1. The largest absolute Gasteiger partial charge is 0.298 e. The van der Waals surface area contributed by atoms with Gasteiger partial charge in [-0.15, -0.1) is 5.10 Å². The summed E-state index contributed by atoms with van der Waals surface area (Å²) in [6.07, 6.45) is 4.04. The number of halogens is 1. The van der Waals surface area contributed by atoms with E-state index < -0.39 is 0 Å². The van der Waals surface area contributed by atoms with Crippen molar-refractivity contribution >= 4 is 28.2 Å². The molecule has 1 fully saturated rings. The average molecular weight is 378 g/mol. The standard InChI is InChI=1S/C21H20ClN5/c22-17-7-3-5-15(11-17)12-26-10-4-6-16(13-26)20-24-21-18-8-1-2-9-19(18)23-14-27(21)25-20/h1-3,5,7-9,11,14,16H,4,6,10,12-13H2/t16-/m1/s1. The second-order valence-corrected chi connectivity index (χ2v) is 7.64. The van der Waals surface area contributed by atoms with Crippen molar-refractivity contribution < 1.29 is 0 Å². The number of benzene rings is 2. The summed E-state index contributed by atoms with van der Waals surface area (Å²) in [4.78, 5) is 11.8. The van der Waals surface area contributed by atoms with Gasteiger partial charge in [0.25, 0.3) is 0 Å². The molecule has 2 aromatic heterocycles. The van der Waals surface area contributed by atoms with Gasteiger partial charge in [0.1, 0.15) is 6.33 Å². The average Bonchev–Trinajstić information content (AvgIpc) is 3.13. The van der Waals surface area contributed by atoms with E-state index in [1.165, 1.54) is 5.56 Å². The number of fused-ring (bicyclic) bond motifs is 3. The minimum absolute atomic E-state index is 0.344. The van der Waals surface area contributed by atoms with Gasteiger partial charge in [0.05, 0.1) is 5.52 Å². The molecule has 5 rings (SSSR count). The topological polar surface area (TPSA) is 46.3 Å². The van der Waals surface area contributed by atoms with Crippen molar-refractivity contribution in [1.82, 2.24) is 24.5 Å². The van der Waals surface area contributed by atoms with Gasteiger partial charge in [0.2, 0.25) is 0 Å². The van der Waals surface area contributed by atoms with E-state index >= 15 is 0 Å². The Morgan fingerprint density at radius 1 is 1.11 bits per heavy atom. The molecule has 0 bridgehead atoms. The predicted molar refractivity (Wildman–Crippen MR) is 107 cm³/mol. The summed E-state index contributed by atoms with van der Waals surface area (Å²) in [5.41, 5.74) is 3.10.